The highest BCUT2D eigenvalue weighted by atomic mass is 19.4. The van der Waals surface area contributed by atoms with Gasteiger partial charge < -0.3 is 20.4 Å². The van der Waals surface area contributed by atoms with E-state index in [1.807, 2.05) is 32.1 Å². The SMILES string of the molecule is CN1CCc2cc([C@H](CNC(=O)C(=O)Nc3cccc(C(F)(F)F)c3)N(C)C)ccc21. The third kappa shape index (κ3) is 5.35. The lowest BCUT2D eigenvalue weighted by Gasteiger charge is -2.26. The first kappa shape index (κ1) is 22.6. The van der Waals surface area contributed by atoms with Crippen molar-refractivity contribution in [3.05, 3.63) is 59.2 Å². The molecule has 0 aromatic heterocycles. The third-order valence-corrected chi connectivity index (χ3v) is 5.35. The summed E-state index contributed by atoms with van der Waals surface area (Å²) in [5, 5.41) is 4.79. The second-order valence-corrected chi connectivity index (χ2v) is 7.78. The summed E-state index contributed by atoms with van der Waals surface area (Å²) in [6.07, 6.45) is -3.59. The molecule has 0 saturated carbocycles. The first-order valence-electron chi connectivity index (χ1n) is 9.83. The normalized spacial score (nSPS) is 14.4. The summed E-state index contributed by atoms with van der Waals surface area (Å²) < 4.78 is 38.4. The lowest BCUT2D eigenvalue weighted by Crippen LogP contribution is -2.40. The van der Waals surface area contributed by atoms with Gasteiger partial charge in [-0.1, -0.05) is 18.2 Å². The van der Waals surface area contributed by atoms with Gasteiger partial charge in [0.2, 0.25) is 0 Å². The van der Waals surface area contributed by atoms with Crippen molar-refractivity contribution >= 4 is 23.2 Å². The van der Waals surface area contributed by atoms with Crippen molar-refractivity contribution < 1.29 is 22.8 Å². The zero-order valence-corrected chi connectivity index (χ0v) is 17.6. The molecule has 3 rings (SSSR count). The van der Waals surface area contributed by atoms with Crippen LogP contribution in [0.4, 0.5) is 24.5 Å². The highest BCUT2D eigenvalue weighted by Gasteiger charge is 2.30. The first-order chi connectivity index (χ1) is 14.6. The molecule has 31 heavy (non-hydrogen) atoms. The zero-order valence-electron chi connectivity index (χ0n) is 17.6. The molecule has 0 aliphatic carbocycles. The number of fused-ring (bicyclic) bond motifs is 1. The van der Waals surface area contributed by atoms with E-state index >= 15 is 0 Å². The molecule has 2 amide bonds. The standard InChI is InChI=1S/C22H25F3N4O2/c1-28(2)19(14-7-8-18-15(11-14)9-10-29(18)3)13-26-20(30)21(31)27-17-6-4-5-16(12-17)22(23,24)25/h4-8,11-12,19H,9-10,13H2,1-3H3,(H,26,30)(H,27,31)/t19-/m0/s1. The van der Waals surface area contributed by atoms with Gasteiger partial charge in [-0.25, -0.2) is 0 Å². The predicted molar refractivity (Wildman–Crippen MR) is 113 cm³/mol. The quantitative estimate of drug-likeness (QED) is 0.710. The number of amides is 2. The van der Waals surface area contributed by atoms with Crippen LogP contribution in [0.3, 0.4) is 0 Å². The molecule has 0 radical (unpaired) electrons. The van der Waals surface area contributed by atoms with Gasteiger partial charge in [-0.3, -0.25) is 9.59 Å². The Hall–Kier alpha value is -3.07. The topological polar surface area (TPSA) is 64.7 Å². The Morgan fingerprint density at radius 2 is 1.87 bits per heavy atom. The van der Waals surface area contributed by atoms with Gasteiger partial charge in [0, 0.05) is 31.5 Å². The Kier molecular flexibility index (Phi) is 6.54. The maximum Gasteiger partial charge on any atom is 0.416 e. The molecule has 2 aromatic carbocycles. The Bertz CT molecular complexity index is 975. The zero-order chi connectivity index (χ0) is 22.8. The number of halogens is 3. The van der Waals surface area contributed by atoms with Gasteiger partial charge in [0.25, 0.3) is 0 Å². The van der Waals surface area contributed by atoms with Crippen LogP contribution in [0.1, 0.15) is 22.7 Å². The van der Waals surface area contributed by atoms with E-state index in [0.717, 1.165) is 30.7 Å². The van der Waals surface area contributed by atoms with E-state index in [0.29, 0.717) is 0 Å². The Labute approximate surface area is 179 Å². The fourth-order valence-corrected chi connectivity index (χ4v) is 3.62. The number of carbonyl (C=O) groups excluding carboxylic acids is 2. The number of nitrogens with one attached hydrogen (secondary N) is 2. The Morgan fingerprint density at radius 3 is 2.55 bits per heavy atom. The van der Waals surface area contributed by atoms with Crippen LogP contribution >= 0.6 is 0 Å². The number of hydrogen-bond acceptors (Lipinski definition) is 4. The van der Waals surface area contributed by atoms with Gasteiger partial charge in [0.15, 0.2) is 0 Å². The van der Waals surface area contributed by atoms with E-state index in [-0.39, 0.29) is 18.3 Å². The van der Waals surface area contributed by atoms with Crippen molar-refractivity contribution in [1.82, 2.24) is 10.2 Å². The monoisotopic (exact) mass is 434 g/mol. The summed E-state index contributed by atoms with van der Waals surface area (Å²) in [6.45, 7) is 1.13. The Balaban J connectivity index is 1.63. The van der Waals surface area contributed by atoms with E-state index in [1.54, 1.807) is 0 Å². The molecule has 1 aliphatic heterocycles. The largest absolute Gasteiger partial charge is 0.416 e. The minimum absolute atomic E-state index is 0.0955. The van der Waals surface area contributed by atoms with Crippen LogP contribution in [0.25, 0.3) is 0 Å². The van der Waals surface area contributed by atoms with Gasteiger partial charge in [0.05, 0.1) is 11.6 Å². The summed E-state index contributed by atoms with van der Waals surface area (Å²) in [7, 11) is 5.79. The molecular formula is C22H25F3N4O2. The maximum atomic E-state index is 12.8. The number of alkyl halides is 3. The van der Waals surface area contributed by atoms with Crippen molar-refractivity contribution in [2.24, 2.45) is 0 Å². The molecule has 1 atom stereocenters. The van der Waals surface area contributed by atoms with Crippen LogP contribution < -0.4 is 15.5 Å². The van der Waals surface area contributed by atoms with Crippen molar-refractivity contribution in [3.63, 3.8) is 0 Å². The minimum atomic E-state index is -4.54. The number of carbonyl (C=O) groups is 2. The van der Waals surface area contributed by atoms with Crippen molar-refractivity contribution in [1.29, 1.82) is 0 Å². The smallest absolute Gasteiger partial charge is 0.374 e. The van der Waals surface area contributed by atoms with Crippen molar-refractivity contribution in [2.75, 3.05) is 44.4 Å². The molecular weight excluding hydrogens is 409 g/mol. The molecule has 0 saturated heterocycles. The van der Waals surface area contributed by atoms with Crippen molar-refractivity contribution in [2.45, 2.75) is 18.6 Å². The summed E-state index contributed by atoms with van der Waals surface area (Å²) in [6, 6.07) is 10.1. The molecule has 6 nitrogen and oxygen atoms in total. The number of anilines is 2. The second-order valence-electron chi connectivity index (χ2n) is 7.78. The number of likely N-dealkylation sites (N-methyl/N-ethyl adjacent to an activating group) is 2. The van der Waals surface area contributed by atoms with Crippen molar-refractivity contribution in [3.8, 4) is 0 Å². The third-order valence-electron chi connectivity index (χ3n) is 5.35. The van der Waals surface area contributed by atoms with E-state index in [2.05, 4.69) is 27.7 Å². The average molecular weight is 434 g/mol. The van der Waals surface area contributed by atoms with Gasteiger partial charge in [-0.15, -0.1) is 0 Å². The summed E-state index contributed by atoms with van der Waals surface area (Å²) in [4.78, 5) is 28.5. The number of hydrogen-bond donors (Lipinski definition) is 2. The number of benzene rings is 2. The molecule has 166 valence electrons. The molecule has 0 bridgehead atoms. The van der Waals surface area contributed by atoms with Crippen LogP contribution in [0.2, 0.25) is 0 Å². The second kappa shape index (κ2) is 8.97. The lowest BCUT2D eigenvalue weighted by atomic mass is 10.0. The van der Waals surface area contributed by atoms with Crippen LogP contribution in [0, 0.1) is 0 Å². The molecule has 2 aromatic rings. The van der Waals surface area contributed by atoms with E-state index in [1.165, 1.54) is 23.4 Å². The number of rotatable bonds is 5. The molecule has 0 unspecified atom stereocenters. The van der Waals surface area contributed by atoms with Crippen LogP contribution in [0.5, 0.6) is 0 Å². The molecule has 0 spiro atoms. The summed E-state index contributed by atoms with van der Waals surface area (Å²) in [5.74, 6) is -1.93. The lowest BCUT2D eigenvalue weighted by molar-refractivity contribution is -0.137. The molecule has 2 N–H and O–H groups in total. The first-order valence-corrected chi connectivity index (χ1v) is 9.83. The molecule has 0 fully saturated rings. The van der Waals surface area contributed by atoms with E-state index in [4.69, 9.17) is 0 Å². The molecule has 9 heteroatoms. The summed E-state index contributed by atoms with van der Waals surface area (Å²) >= 11 is 0. The fourth-order valence-electron chi connectivity index (χ4n) is 3.62. The van der Waals surface area contributed by atoms with Gasteiger partial charge in [-0.05, 0) is 55.9 Å². The molecule has 1 aliphatic rings. The predicted octanol–water partition coefficient (Wildman–Crippen LogP) is 3.06. The summed E-state index contributed by atoms with van der Waals surface area (Å²) in [5.41, 5.74) is 2.44. The molecule has 1 heterocycles. The maximum absolute atomic E-state index is 12.8. The number of nitrogens with zero attached hydrogens (tertiary/aromatic N) is 2. The van der Waals surface area contributed by atoms with Crippen LogP contribution in [0.15, 0.2) is 42.5 Å². The highest BCUT2D eigenvalue weighted by Crippen LogP contribution is 2.31. The van der Waals surface area contributed by atoms with Gasteiger partial charge in [0.1, 0.15) is 0 Å². The van der Waals surface area contributed by atoms with Gasteiger partial charge >= 0.3 is 18.0 Å². The Morgan fingerprint density at radius 1 is 1.13 bits per heavy atom. The van der Waals surface area contributed by atoms with Crippen LogP contribution in [-0.2, 0) is 22.2 Å². The fraction of sp³-hybridized carbons (Fsp3) is 0.364. The van der Waals surface area contributed by atoms with E-state index < -0.39 is 23.6 Å². The average Bonchev–Trinajstić information content (AvgIpc) is 3.07. The van der Waals surface area contributed by atoms with E-state index in [9.17, 15) is 22.8 Å². The highest BCUT2D eigenvalue weighted by molar-refractivity contribution is 6.39. The van der Waals surface area contributed by atoms with Gasteiger partial charge in [-0.2, -0.15) is 13.2 Å². The van der Waals surface area contributed by atoms with Crippen LogP contribution in [-0.4, -0.2) is 50.9 Å². The minimum Gasteiger partial charge on any atom is -0.374 e.